The average Bonchev–Trinajstić information content (AvgIpc) is 3.06. The normalized spacial score (nSPS) is 20.5. The van der Waals surface area contributed by atoms with Crippen molar-refractivity contribution in [3.63, 3.8) is 0 Å². The Morgan fingerprint density at radius 1 is 1.16 bits per heavy atom. The molecule has 8 heteroatoms. The van der Waals surface area contributed by atoms with E-state index in [1.807, 2.05) is 29.2 Å². The first kappa shape index (κ1) is 15.9. The number of amides is 1. The molecule has 8 nitrogen and oxygen atoms in total. The van der Waals surface area contributed by atoms with Gasteiger partial charge in [0.25, 0.3) is 5.91 Å². The van der Waals surface area contributed by atoms with Crippen molar-refractivity contribution in [3.8, 4) is 11.5 Å². The Labute approximate surface area is 145 Å². The molecule has 0 unspecified atom stereocenters. The van der Waals surface area contributed by atoms with Crippen LogP contribution in [0.4, 0.5) is 0 Å². The molecule has 1 saturated heterocycles. The highest BCUT2D eigenvalue weighted by Crippen LogP contribution is 2.31. The fraction of sp³-hybridized carbons (Fsp3) is 0.471. The van der Waals surface area contributed by atoms with Crippen LogP contribution in [0.1, 0.15) is 11.8 Å². The van der Waals surface area contributed by atoms with Crippen LogP contribution in [0.25, 0.3) is 0 Å². The maximum absolute atomic E-state index is 12.7. The van der Waals surface area contributed by atoms with Gasteiger partial charge in [-0.1, -0.05) is 12.1 Å². The van der Waals surface area contributed by atoms with Gasteiger partial charge in [-0.2, -0.15) is 0 Å². The highest BCUT2D eigenvalue weighted by molar-refractivity contribution is 5.82. The lowest BCUT2D eigenvalue weighted by Crippen LogP contribution is -2.53. The molecule has 0 aliphatic carbocycles. The third kappa shape index (κ3) is 3.43. The van der Waals surface area contributed by atoms with Crippen LogP contribution in [-0.4, -0.2) is 64.8 Å². The van der Waals surface area contributed by atoms with Crippen molar-refractivity contribution >= 4 is 5.91 Å². The van der Waals surface area contributed by atoms with Crippen LogP contribution in [0.2, 0.25) is 0 Å². The largest absolute Gasteiger partial charge is 0.485 e. The van der Waals surface area contributed by atoms with Gasteiger partial charge in [-0.25, -0.2) is 0 Å². The number of nitrogens with zero attached hydrogens (tertiary/aromatic N) is 4. The number of rotatable bonds is 3. The number of fused-ring (bicyclic) bond motifs is 1. The summed E-state index contributed by atoms with van der Waals surface area (Å²) >= 11 is 0. The Morgan fingerprint density at radius 2 is 1.92 bits per heavy atom. The minimum absolute atomic E-state index is 0.0252. The summed E-state index contributed by atoms with van der Waals surface area (Å²) in [4.78, 5) is 16.7. The third-order valence-electron chi connectivity index (χ3n) is 4.39. The predicted octanol–water partition coefficient (Wildman–Crippen LogP) is 0.862. The van der Waals surface area contributed by atoms with Gasteiger partial charge in [0, 0.05) is 33.1 Å². The monoisotopic (exact) mass is 344 g/mol. The molecular weight excluding hydrogens is 324 g/mol. The van der Waals surface area contributed by atoms with E-state index < -0.39 is 6.10 Å². The summed E-state index contributed by atoms with van der Waals surface area (Å²) in [6.45, 7) is 5.45. The van der Waals surface area contributed by atoms with E-state index in [0.29, 0.717) is 42.9 Å². The highest BCUT2D eigenvalue weighted by atomic mass is 16.6. The van der Waals surface area contributed by atoms with Gasteiger partial charge >= 0.3 is 0 Å². The van der Waals surface area contributed by atoms with Crippen molar-refractivity contribution in [3.05, 3.63) is 36.0 Å². The van der Waals surface area contributed by atoms with Crippen LogP contribution in [0.3, 0.4) is 0 Å². The molecule has 0 bridgehead atoms. The van der Waals surface area contributed by atoms with E-state index in [1.165, 1.54) is 0 Å². The second-order valence-electron chi connectivity index (χ2n) is 6.18. The molecular formula is C17H20N4O4. The van der Waals surface area contributed by atoms with E-state index in [4.69, 9.17) is 13.9 Å². The van der Waals surface area contributed by atoms with Gasteiger partial charge in [0.05, 0.1) is 6.54 Å². The Hall–Kier alpha value is -2.61. The quantitative estimate of drug-likeness (QED) is 0.817. The minimum atomic E-state index is -0.583. The number of carbonyl (C=O) groups is 1. The van der Waals surface area contributed by atoms with E-state index >= 15 is 0 Å². The Kier molecular flexibility index (Phi) is 4.27. The number of carbonyl (C=O) groups excluding carboxylic acids is 1. The summed E-state index contributed by atoms with van der Waals surface area (Å²) in [7, 11) is 0. The molecule has 0 saturated carbocycles. The summed E-state index contributed by atoms with van der Waals surface area (Å²) in [5, 5.41) is 7.85. The molecule has 1 atom stereocenters. The van der Waals surface area contributed by atoms with E-state index in [9.17, 15) is 4.79 Å². The van der Waals surface area contributed by atoms with Gasteiger partial charge in [0.15, 0.2) is 11.5 Å². The summed E-state index contributed by atoms with van der Waals surface area (Å²) in [6.07, 6.45) is -0.583. The average molecular weight is 344 g/mol. The Morgan fingerprint density at radius 3 is 2.64 bits per heavy atom. The zero-order valence-electron chi connectivity index (χ0n) is 14.1. The molecule has 0 spiro atoms. The van der Waals surface area contributed by atoms with Crippen LogP contribution < -0.4 is 9.47 Å². The van der Waals surface area contributed by atoms with Gasteiger partial charge < -0.3 is 18.8 Å². The van der Waals surface area contributed by atoms with Gasteiger partial charge in [-0.15, -0.1) is 10.2 Å². The van der Waals surface area contributed by atoms with Crippen molar-refractivity contribution in [2.24, 2.45) is 0 Å². The number of aromatic nitrogens is 2. The third-order valence-corrected chi connectivity index (χ3v) is 4.39. The zero-order chi connectivity index (χ0) is 17.2. The fourth-order valence-electron chi connectivity index (χ4n) is 3.06. The molecule has 2 aliphatic rings. The molecule has 0 N–H and O–H groups in total. The highest BCUT2D eigenvalue weighted by Gasteiger charge is 2.32. The van der Waals surface area contributed by atoms with E-state index in [-0.39, 0.29) is 12.5 Å². The SMILES string of the molecule is Cc1nnc(CN2CCN(C(=O)[C@@H]3COc4ccccc4O3)CC2)o1. The number of piperazine rings is 1. The maximum atomic E-state index is 12.7. The number of hydrogen-bond acceptors (Lipinski definition) is 7. The van der Waals surface area contributed by atoms with Crippen LogP contribution in [0.5, 0.6) is 11.5 Å². The molecule has 1 fully saturated rings. The lowest BCUT2D eigenvalue weighted by molar-refractivity contribution is -0.143. The summed E-state index contributed by atoms with van der Waals surface area (Å²) < 4.78 is 16.9. The molecule has 1 amide bonds. The van der Waals surface area contributed by atoms with Gasteiger partial charge in [-0.3, -0.25) is 9.69 Å². The molecule has 132 valence electrons. The van der Waals surface area contributed by atoms with Crippen molar-refractivity contribution in [2.75, 3.05) is 32.8 Å². The molecule has 25 heavy (non-hydrogen) atoms. The van der Waals surface area contributed by atoms with Gasteiger partial charge in [0.1, 0.15) is 6.61 Å². The number of benzene rings is 1. The van der Waals surface area contributed by atoms with Crippen molar-refractivity contribution < 1.29 is 18.7 Å². The van der Waals surface area contributed by atoms with E-state index in [1.54, 1.807) is 6.92 Å². The number of para-hydroxylation sites is 2. The first-order valence-electron chi connectivity index (χ1n) is 8.37. The molecule has 4 rings (SSSR count). The van der Waals surface area contributed by atoms with Crippen LogP contribution in [0, 0.1) is 6.92 Å². The summed E-state index contributed by atoms with van der Waals surface area (Å²) in [5.41, 5.74) is 0. The molecule has 1 aromatic carbocycles. The van der Waals surface area contributed by atoms with Crippen molar-refractivity contribution in [2.45, 2.75) is 19.6 Å². The molecule has 2 aliphatic heterocycles. The van der Waals surface area contributed by atoms with Crippen LogP contribution >= 0.6 is 0 Å². The summed E-state index contributed by atoms with van der Waals surface area (Å²) in [5.74, 6) is 2.46. The molecule has 1 aromatic heterocycles. The topological polar surface area (TPSA) is 80.9 Å². The smallest absolute Gasteiger partial charge is 0.267 e. The van der Waals surface area contributed by atoms with Gasteiger partial charge in [0.2, 0.25) is 17.9 Å². The first-order chi connectivity index (χ1) is 12.2. The first-order valence-corrected chi connectivity index (χ1v) is 8.37. The van der Waals surface area contributed by atoms with Crippen LogP contribution in [-0.2, 0) is 11.3 Å². The lowest BCUT2D eigenvalue weighted by Gasteiger charge is -2.36. The Balaban J connectivity index is 1.31. The number of aryl methyl sites for hydroxylation is 1. The second kappa shape index (κ2) is 6.72. The van der Waals surface area contributed by atoms with Gasteiger partial charge in [-0.05, 0) is 12.1 Å². The second-order valence-corrected chi connectivity index (χ2v) is 6.18. The Bertz CT molecular complexity index is 755. The lowest BCUT2D eigenvalue weighted by atomic mass is 10.2. The maximum Gasteiger partial charge on any atom is 0.267 e. The van der Waals surface area contributed by atoms with Crippen molar-refractivity contribution in [1.82, 2.24) is 20.0 Å². The van der Waals surface area contributed by atoms with E-state index in [0.717, 1.165) is 13.1 Å². The number of ether oxygens (including phenoxy) is 2. The van der Waals surface area contributed by atoms with Crippen LogP contribution in [0.15, 0.2) is 28.7 Å². The molecule has 0 radical (unpaired) electrons. The predicted molar refractivity (Wildman–Crippen MR) is 87.2 cm³/mol. The molecule has 2 aromatic rings. The summed E-state index contributed by atoms with van der Waals surface area (Å²) in [6, 6.07) is 7.41. The minimum Gasteiger partial charge on any atom is -0.485 e. The number of hydrogen-bond donors (Lipinski definition) is 0. The molecule has 3 heterocycles. The zero-order valence-corrected chi connectivity index (χ0v) is 14.1. The standard InChI is InChI=1S/C17H20N4O4/c1-12-18-19-16(24-12)10-20-6-8-21(9-7-20)17(22)15-11-23-13-4-2-3-5-14(13)25-15/h2-5,15H,6-11H2,1H3/t15-/m0/s1. The van der Waals surface area contributed by atoms with E-state index in [2.05, 4.69) is 15.1 Å². The fourth-order valence-corrected chi connectivity index (χ4v) is 3.06. The van der Waals surface area contributed by atoms with Crippen molar-refractivity contribution in [1.29, 1.82) is 0 Å².